The van der Waals surface area contributed by atoms with Gasteiger partial charge in [-0.25, -0.2) is 13.4 Å². The van der Waals surface area contributed by atoms with Crippen LogP contribution in [0.3, 0.4) is 0 Å². The number of nitro benzene ring substituents is 1. The van der Waals surface area contributed by atoms with Gasteiger partial charge in [-0.3, -0.25) is 14.8 Å². The average molecular weight is 376 g/mol. The highest BCUT2D eigenvalue weighted by Gasteiger charge is 2.29. The molecule has 0 unspecified atom stereocenters. The number of sulfonamides is 1. The van der Waals surface area contributed by atoms with Crippen molar-refractivity contribution in [3.8, 4) is 0 Å². The van der Waals surface area contributed by atoms with Crippen LogP contribution in [0.4, 0.5) is 15.9 Å². The van der Waals surface area contributed by atoms with Crippen LogP contribution in [-0.4, -0.2) is 18.3 Å². The molecule has 0 bridgehead atoms. The molecule has 0 radical (unpaired) electrons. The largest absolute Gasteiger partial charge is 0.325 e. The van der Waals surface area contributed by atoms with Gasteiger partial charge in [0, 0.05) is 10.7 Å². The molecule has 0 saturated carbocycles. The lowest BCUT2D eigenvalue weighted by Crippen LogP contribution is -2.16. The Morgan fingerprint density at radius 3 is 2.67 bits per heavy atom. The quantitative estimate of drug-likeness (QED) is 0.653. The third-order valence-electron chi connectivity index (χ3n) is 2.38. The summed E-state index contributed by atoms with van der Waals surface area (Å²) >= 11 is 3.13. The summed E-state index contributed by atoms with van der Waals surface area (Å²) < 4.78 is 40.4. The lowest BCUT2D eigenvalue weighted by atomic mass is 10.3. The SMILES string of the molecule is O=[N+]([O-])c1c(F)cccc1S(=O)(=O)Nc1cc(Br)ccn1. The van der Waals surface area contributed by atoms with Crippen LogP contribution in [0.15, 0.2) is 45.9 Å². The molecule has 10 heteroatoms. The monoisotopic (exact) mass is 375 g/mol. The van der Waals surface area contributed by atoms with Crippen molar-refractivity contribution in [2.45, 2.75) is 4.90 Å². The molecular weight excluding hydrogens is 369 g/mol. The van der Waals surface area contributed by atoms with Crippen LogP contribution in [0.5, 0.6) is 0 Å². The summed E-state index contributed by atoms with van der Waals surface area (Å²) in [4.78, 5) is 12.8. The van der Waals surface area contributed by atoms with E-state index in [-0.39, 0.29) is 5.82 Å². The number of halogens is 2. The van der Waals surface area contributed by atoms with E-state index in [1.807, 2.05) is 0 Å². The van der Waals surface area contributed by atoms with E-state index in [9.17, 15) is 22.9 Å². The molecule has 1 aromatic carbocycles. The number of rotatable bonds is 4. The summed E-state index contributed by atoms with van der Waals surface area (Å²) in [6.07, 6.45) is 1.34. The van der Waals surface area contributed by atoms with Gasteiger partial charge in [-0.1, -0.05) is 22.0 Å². The number of pyridine rings is 1. The van der Waals surface area contributed by atoms with Crippen molar-refractivity contribution in [3.05, 3.63) is 56.9 Å². The summed E-state index contributed by atoms with van der Waals surface area (Å²) in [6.45, 7) is 0. The van der Waals surface area contributed by atoms with Crippen LogP contribution in [0, 0.1) is 15.9 Å². The van der Waals surface area contributed by atoms with Gasteiger partial charge in [-0.05, 0) is 24.3 Å². The molecule has 110 valence electrons. The first-order valence-corrected chi connectivity index (χ1v) is 7.66. The molecule has 1 aromatic heterocycles. The maximum absolute atomic E-state index is 13.5. The van der Waals surface area contributed by atoms with Crippen molar-refractivity contribution < 1.29 is 17.7 Å². The number of aromatic nitrogens is 1. The summed E-state index contributed by atoms with van der Waals surface area (Å²) in [5.41, 5.74) is -1.11. The van der Waals surface area contributed by atoms with Gasteiger partial charge in [0.15, 0.2) is 4.90 Å². The van der Waals surface area contributed by atoms with Gasteiger partial charge in [-0.15, -0.1) is 0 Å². The average Bonchev–Trinajstić information content (AvgIpc) is 2.37. The first kappa shape index (κ1) is 15.3. The van der Waals surface area contributed by atoms with Gasteiger partial charge >= 0.3 is 5.69 Å². The van der Waals surface area contributed by atoms with E-state index in [1.54, 1.807) is 6.07 Å². The fourth-order valence-corrected chi connectivity index (χ4v) is 3.06. The first-order chi connectivity index (χ1) is 9.81. The number of para-hydroxylation sites is 1. The minimum absolute atomic E-state index is 0.0528. The number of anilines is 1. The molecule has 2 aromatic rings. The van der Waals surface area contributed by atoms with Crippen molar-refractivity contribution >= 4 is 37.5 Å². The fourth-order valence-electron chi connectivity index (χ4n) is 1.54. The molecule has 0 atom stereocenters. The summed E-state index contributed by atoms with van der Waals surface area (Å²) in [5, 5.41) is 10.8. The van der Waals surface area contributed by atoms with Crippen molar-refractivity contribution in [1.82, 2.24) is 4.98 Å². The van der Waals surface area contributed by atoms with Crippen LogP contribution < -0.4 is 4.72 Å². The zero-order valence-corrected chi connectivity index (χ0v) is 12.6. The third kappa shape index (κ3) is 3.34. The Morgan fingerprint density at radius 1 is 1.33 bits per heavy atom. The van der Waals surface area contributed by atoms with E-state index in [0.717, 1.165) is 18.2 Å². The Balaban J connectivity index is 2.50. The maximum Gasteiger partial charge on any atom is 0.325 e. The Labute approximate surface area is 127 Å². The molecule has 0 fully saturated rings. The fraction of sp³-hybridized carbons (Fsp3) is 0. The number of hydrogen-bond acceptors (Lipinski definition) is 5. The highest BCUT2D eigenvalue weighted by atomic mass is 79.9. The summed E-state index contributed by atoms with van der Waals surface area (Å²) in [5.74, 6) is -1.28. The Morgan fingerprint density at radius 2 is 2.05 bits per heavy atom. The van der Waals surface area contributed by atoms with Gasteiger partial charge in [0.25, 0.3) is 10.0 Å². The number of nitro groups is 1. The molecule has 0 aliphatic carbocycles. The van der Waals surface area contributed by atoms with Crippen LogP contribution in [-0.2, 0) is 10.0 Å². The third-order valence-corrected chi connectivity index (χ3v) is 4.26. The molecule has 7 nitrogen and oxygen atoms in total. The second-order valence-electron chi connectivity index (χ2n) is 3.81. The second-order valence-corrected chi connectivity index (χ2v) is 6.37. The van der Waals surface area contributed by atoms with Gasteiger partial charge in [0.2, 0.25) is 5.82 Å². The molecule has 1 N–H and O–H groups in total. The van der Waals surface area contributed by atoms with E-state index in [0.29, 0.717) is 4.47 Å². The normalized spacial score (nSPS) is 11.1. The highest BCUT2D eigenvalue weighted by molar-refractivity contribution is 9.10. The first-order valence-electron chi connectivity index (χ1n) is 5.38. The molecule has 21 heavy (non-hydrogen) atoms. The minimum Gasteiger partial charge on any atom is -0.263 e. The predicted molar refractivity (Wildman–Crippen MR) is 75.8 cm³/mol. The van der Waals surface area contributed by atoms with Crippen LogP contribution in [0.25, 0.3) is 0 Å². The zero-order valence-electron chi connectivity index (χ0n) is 10.2. The van der Waals surface area contributed by atoms with Crippen molar-refractivity contribution in [2.75, 3.05) is 4.72 Å². The van der Waals surface area contributed by atoms with Crippen molar-refractivity contribution in [2.24, 2.45) is 0 Å². The Bertz CT molecular complexity index is 813. The Hall–Kier alpha value is -2.07. The van der Waals surface area contributed by atoms with E-state index in [2.05, 4.69) is 25.6 Å². The number of nitrogens with one attached hydrogen (secondary N) is 1. The van der Waals surface area contributed by atoms with E-state index in [4.69, 9.17) is 0 Å². The standard InChI is InChI=1S/C11H7BrFN3O4S/c12-7-4-5-14-10(6-7)15-21(19,20)9-3-1-2-8(13)11(9)16(17)18/h1-6H,(H,14,15). The van der Waals surface area contributed by atoms with E-state index >= 15 is 0 Å². The predicted octanol–water partition coefficient (Wildman–Crippen LogP) is 2.69. The summed E-state index contributed by atoms with van der Waals surface area (Å²) in [7, 11) is -4.34. The highest BCUT2D eigenvalue weighted by Crippen LogP contribution is 2.28. The second kappa shape index (κ2) is 5.74. The maximum atomic E-state index is 13.5. The Kier molecular flexibility index (Phi) is 4.19. The minimum atomic E-state index is -4.34. The lowest BCUT2D eigenvalue weighted by molar-refractivity contribution is -0.390. The van der Waals surface area contributed by atoms with Crippen LogP contribution in [0.2, 0.25) is 0 Å². The van der Waals surface area contributed by atoms with Gasteiger partial charge in [0.05, 0.1) is 4.92 Å². The number of hydrogen-bond donors (Lipinski definition) is 1. The van der Waals surface area contributed by atoms with Crippen LogP contribution in [0.1, 0.15) is 0 Å². The van der Waals surface area contributed by atoms with Crippen LogP contribution >= 0.6 is 15.9 Å². The lowest BCUT2D eigenvalue weighted by Gasteiger charge is -2.08. The molecule has 1 heterocycles. The van der Waals surface area contributed by atoms with Gasteiger partial charge in [0.1, 0.15) is 5.82 Å². The number of benzene rings is 1. The summed E-state index contributed by atoms with van der Waals surface area (Å²) in [6, 6.07) is 5.77. The van der Waals surface area contributed by atoms with Gasteiger partial charge in [-0.2, -0.15) is 4.39 Å². The number of nitrogens with zero attached hydrogens (tertiary/aromatic N) is 2. The smallest absolute Gasteiger partial charge is 0.263 e. The van der Waals surface area contributed by atoms with Crippen molar-refractivity contribution in [1.29, 1.82) is 0 Å². The topological polar surface area (TPSA) is 102 Å². The molecule has 0 aliphatic heterocycles. The molecule has 0 amide bonds. The molecule has 0 spiro atoms. The van der Waals surface area contributed by atoms with E-state index < -0.39 is 31.3 Å². The van der Waals surface area contributed by atoms with E-state index in [1.165, 1.54) is 12.3 Å². The molecule has 0 aliphatic rings. The molecule has 0 saturated heterocycles. The van der Waals surface area contributed by atoms with Crippen molar-refractivity contribution in [3.63, 3.8) is 0 Å². The van der Waals surface area contributed by atoms with Gasteiger partial charge < -0.3 is 0 Å². The molecular formula is C11H7BrFN3O4S. The zero-order chi connectivity index (χ0) is 15.6. The molecule has 2 rings (SSSR count).